The van der Waals surface area contributed by atoms with E-state index < -0.39 is 0 Å². The van der Waals surface area contributed by atoms with Gasteiger partial charge in [-0.15, -0.1) is 34.9 Å². The van der Waals surface area contributed by atoms with E-state index in [1.807, 2.05) is 34.6 Å². The Kier molecular flexibility index (Phi) is 12.6. The molecule has 6 rings (SSSR count). The molecule has 0 aliphatic heterocycles. The molecular formula is C44H52IrN3O2-. The number of aromatic nitrogens is 3. The molecule has 0 aliphatic rings. The molecule has 0 bridgehead atoms. The first-order valence-corrected chi connectivity index (χ1v) is 18.0. The predicted molar refractivity (Wildman–Crippen MR) is 207 cm³/mol. The van der Waals surface area contributed by atoms with Crippen LogP contribution in [0.25, 0.3) is 54.7 Å². The molecule has 1 radical (unpaired) electrons. The number of rotatable bonds is 9. The standard InChI is InChI=1S/C31H28N3.C13H24O2.Ir/c1-17-10-18(2)12-20(11-17)27-15-25-24-14-21(16-31(4,5)6)33-26-9-7-8-22(28(24)26)23-13-19(3)32-30(34-27)29(23)25;1-5-10(6-2)12(14)9-13(15)11(7-3)8-4;/h7-11,13-15H,16H2,1-6H3;9-11,14H,5-8H2,1-4H3;/q-1;;/b;12-9-;. The number of hydrogen-bond donors (Lipinski definition) is 1. The number of ketones is 1. The summed E-state index contributed by atoms with van der Waals surface area (Å²) >= 11 is 0. The summed E-state index contributed by atoms with van der Waals surface area (Å²) in [6, 6.07) is 21.0. The molecule has 0 saturated carbocycles. The number of benzene rings is 3. The maximum Gasteiger partial charge on any atom is 0.162 e. The fourth-order valence-electron chi connectivity index (χ4n) is 7.15. The summed E-state index contributed by atoms with van der Waals surface area (Å²) in [6.07, 6.45) is 5.83. The minimum absolute atomic E-state index is 0. The van der Waals surface area contributed by atoms with Crippen molar-refractivity contribution in [3.8, 4) is 11.3 Å². The van der Waals surface area contributed by atoms with E-state index in [1.54, 1.807) is 0 Å². The van der Waals surface area contributed by atoms with E-state index in [2.05, 4.69) is 89.2 Å². The SMILES string of the molecule is CCC(CC)C(=O)/C=C(\O)C(CC)CC.Cc1[c-]c(-c2cc3c4cc(CC(C)(C)C)nc5cccc(c6cc(C)nc(n2)c63)c54)cc(C)c1.[Ir]. The molecule has 0 atom stereocenters. The van der Waals surface area contributed by atoms with Crippen LogP contribution >= 0.6 is 0 Å². The van der Waals surface area contributed by atoms with Gasteiger partial charge in [-0.3, -0.25) is 14.8 Å². The summed E-state index contributed by atoms with van der Waals surface area (Å²) in [4.78, 5) is 26.7. The molecule has 5 nitrogen and oxygen atoms in total. The van der Waals surface area contributed by atoms with Crippen molar-refractivity contribution in [1.82, 2.24) is 15.0 Å². The zero-order valence-electron chi connectivity index (χ0n) is 31.4. The Morgan fingerprint density at radius 2 is 1.44 bits per heavy atom. The van der Waals surface area contributed by atoms with E-state index in [9.17, 15) is 9.90 Å². The minimum atomic E-state index is 0. The van der Waals surface area contributed by atoms with Crippen LogP contribution in [0.2, 0.25) is 0 Å². The first-order valence-electron chi connectivity index (χ1n) is 18.0. The van der Waals surface area contributed by atoms with Gasteiger partial charge in [0.05, 0.1) is 11.3 Å². The molecule has 0 fully saturated rings. The molecule has 0 unspecified atom stereocenters. The number of nitrogens with zero attached hydrogens (tertiary/aromatic N) is 3. The summed E-state index contributed by atoms with van der Waals surface area (Å²) in [5.41, 5.74) is 8.37. The normalized spacial score (nSPS) is 12.3. The number of aryl methyl sites for hydroxylation is 3. The molecule has 0 aliphatic carbocycles. The second-order valence-electron chi connectivity index (χ2n) is 14.9. The van der Waals surface area contributed by atoms with Gasteiger partial charge < -0.3 is 5.11 Å². The number of hydrogen-bond acceptors (Lipinski definition) is 5. The van der Waals surface area contributed by atoms with Gasteiger partial charge in [-0.25, -0.2) is 4.98 Å². The van der Waals surface area contributed by atoms with Crippen molar-refractivity contribution in [3.05, 3.63) is 88.9 Å². The monoisotopic (exact) mass is 847 g/mol. The van der Waals surface area contributed by atoms with Crippen LogP contribution in [0.1, 0.15) is 96.7 Å². The van der Waals surface area contributed by atoms with Gasteiger partial charge >= 0.3 is 0 Å². The first-order chi connectivity index (χ1) is 23.3. The topological polar surface area (TPSA) is 76.0 Å². The maximum absolute atomic E-state index is 11.7. The summed E-state index contributed by atoms with van der Waals surface area (Å²) < 4.78 is 0. The Hall–Kier alpha value is -3.73. The Balaban J connectivity index is 0.000000301. The molecule has 3 heterocycles. The number of aliphatic hydroxyl groups is 1. The molecule has 6 aromatic rings. The summed E-state index contributed by atoms with van der Waals surface area (Å²) in [6.45, 7) is 21.1. The van der Waals surface area contributed by atoms with E-state index in [-0.39, 0.29) is 48.9 Å². The third-order valence-electron chi connectivity index (χ3n) is 9.59. The molecule has 0 amide bonds. The van der Waals surface area contributed by atoms with E-state index in [1.165, 1.54) is 38.6 Å². The van der Waals surface area contributed by atoms with Crippen LogP contribution in [0.15, 0.2) is 60.4 Å². The molecule has 3 aromatic heterocycles. The molecule has 3 aromatic carbocycles. The van der Waals surface area contributed by atoms with Crippen LogP contribution in [0.4, 0.5) is 0 Å². The summed E-state index contributed by atoms with van der Waals surface area (Å²) in [5.74, 6) is 0.547. The molecule has 0 spiro atoms. The van der Waals surface area contributed by atoms with Gasteiger partial charge in [-0.05, 0) is 89.9 Å². The minimum Gasteiger partial charge on any atom is -0.512 e. The molecular weight excluding hydrogens is 795 g/mol. The number of pyridine rings is 3. The largest absolute Gasteiger partial charge is 0.512 e. The zero-order chi connectivity index (χ0) is 35.6. The van der Waals surface area contributed by atoms with Crippen LogP contribution in [0.3, 0.4) is 0 Å². The molecule has 6 heteroatoms. The molecule has 50 heavy (non-hydrogen) atoms. The van der Waals surface area contributed by atoms with Crippen molar-refractivity contribution in [2.75, 3.05) is 0 Å². The van der Waals surface area contributed by atoms with Gasteiger partial charge in [0.1, 0.15) is 0 Å². The maximum atomic E-state index is 11.7. The van der Waals surface area contributed by atoms with Crippen molar-refractivity contribution in [2.45, 2.75) is 101 Å². The fourth-order valence-corrected chi connectivity index (χ4v) is 7.15. The second-order valence-corrected chi connectivity index (χ2v) is 14.9. The summed E-state index contributed by atoms with van der Waals surface area (Å²) in [5, 5.41) is 17.0. The van der Waals surface area contributed by atoms with E-state index in [0.29, 0.717) is 0 Å². The Morgan fingerprint density at radius 1 is 0.800 bits per heavy atom. The number of carbonyl (C=O) groups is 1. The second kappa shape index (κ2) is 16.1. The molecule has 1 N–H and O–H groups in total. The average Bonchev–Trinajstić information content (AvgIpc) is 3.03. The molecule has 0 saturated heterocycles. The number of allylic oxidation sites excluding steroid dienone is 2. The van der Waals surface area contributed by atoms with Gasteiger partial charge in [0, 0.05) is 60.2 Å². The third-order valence-corrected chi connectivity index (χ3v) is 9.59. The number of carbonyl (C=O) groups excluding carboxylic acids is 1. The number of aliphatic hydroxyl groups excluding tert-OH is 1. The quantitative estimate of drug-likeness (QED) is 0.0516. The Labute approximate surface area is 311 Å². The van der Waals surface area contributed by atoms with E-state index in [4.69, 9.17) is 15.0 Å². The van der Waals surface area contributed by atoms with Gasteiger partial charge in [0.15, 0.2) is 11.4 Å². The number of fused-ring (bicyclic) bond motifs is 2. The third kappa shape index (κ3) is 8.41. The van der Waals surface area contributed by atoms with Crippen molar-refractivity contribution < 1.29 is 30.0 Å². The van der Waals surface area contributed by atoms with Gasteiger partial charge in [0.25, 0.3) is 0 Å². The molecule has 265 valence electrons. The Bertz CT molecular complexity index is 2130. The smallest absolute Gasteiger partial charge is 0.162 e. The summed E-state index contributed by atoms with van der Waals surface area (Å²) in [7, 11) is 0. The van der Waals surface area contributed by atoms with Crippen LogP contribution in [0.5, 0.6) is 0 Å². The van der Waals surface area contributed by atoms with Crippen molar-refractivity contribution in [3.63, 3.8) is 0 Å². The van der Waals surface area contributed by atoms with Crippen LogP contribution in [-0.4, -0.2) is 25.8 Å². The van der Waals surface area contributed by atoms with E-state index >= 15 is 0 Å². The van der Waals surface area contributed by atoms with Gasteiger partial charge in [0.2, 0.25) is 0 Å². The first kappa shape index (κ1) is 39.1. The van der Waals surface area contributed by atoms with E-state index in [0.717, 1.165) is 76.9 Å². The van der Waals surface area contributed by atoms with Crippen molar-refractivity contribution >= 4 is 49.3 Å². The Morgan fingerprint density at radius 3 is 2.06 bits per heavy atom. The van der Waals surface area contributed by atoms with Gasteiger partial charge in [-0.1, -0.05) is 80.5 Å². The van der Waals surface area contributed by atoms with Crippen LogP contribution < -0.4 is 0 Å². The van der Waals surface area contributed by atoms with Gasteiger partial charge in [-0.2, -0.15) is 0 Å². The van der Waals surface area contributed by atoms with Crippen molar-refractivity contribution in [1.29, 1.82) is 0 Å². The van der Waals surface area contributed by atoms with Crippen LogP contribution in [-0.2, 0) is 31.3 Å². The zero-order valence-corrected chi connectivity index (χ0v) is 33.8. The van der Waals surface area contributed by atoms with Crippen molar-refractivity contribution in [2.24, 2.45) is 17.3 Å². The predicted octanol–water partition coefficient (Wildman–Crippen LogP) is 11.8. The average molecular weight is 847 g/mol. The fraction of sp³-hybridized carbons (Fsp3) is 0.409. The van der Waals surface area contributed by atoms with Crippen LogP contribution in [0, 0.1) is 44.1 Å².